The number of rotatable bonds is 9. The molecular formula is C17H25NO5. The van der Waals surface area contributed by atoms with Gasteiger partial charge in [-0.05, 0) is 31.5 Å². The summed E-state index contributed by atoms with van der Waals surface area (Å²) in [6.07, 6.45) is -0.338. The summed E-state index contributed by atoms with van der Waals surface area (Å²) in [6.45, 7) is 4.52. The first-order chi connectivity index (χ1) is 11.0. The SMILES string of the molecule is CCOc1ccc(CC(=O)N(CCC(=O)OC)CC(C)O)cc1. The third-order valence-electron chi connectivity index (χ3n) is 3.24. The molecule has 23 heavy (non-hydrogen) atoms. The van der Waals surface area contributed by atoms with Gasteiger partial charge in [-0.1, -0.05) is 12.1 Å². The highest BCUT2D eigenvalue weighted by molar-refractivity contribution is 5.79. The summed E-state index contributed by atoms with van der Waals surface area (Å²) in [5.41, 5.74) is 0.854. The fourth-order valence-electron chi connectivity index (χ4n) is 2.12. The normalized spacial score (nSPS) is 11.7. The van der Waals surface area contributed by atoms with E-state index in [0.717, 1.165) is 11.3 Å². The molecule has 1 N–H and O–H groups in total. The lowest BCUT2D eigenvalue weighted by Gasteiger charge is -2.23. The molecule has 1 unspecified atom stereocenters. The lowest BCUT2D eigenvalue weighted by molar-refractivity contribution is -0.142. The van der Waals surface area contributed by atoms with Gasteiger partial charge in [0.25, 0.3) is 0 Å². The van der Waals surface area contributed by atoms with Crippen LogP contribution in [-0.2, 0) is 20.7 Å². The molecule has 0 heterocycles. The van der Waals surface area contributed by atoms with Crippen molar-refractivity contribution in [3.8, 4) is 5.75 Å². The van der Waals surface area contributed by atoms with Crippen molar-refractivity contribution in [2.24, 2.45) is 0 Å². The molecule has 0 saturated heterocycles. The number of hydrogen-bond donors (Lipinski definition) is 1. The van der Waals surface area contributed by atoms with Gasteiger partial charge in [-0.3, -0.25) is 9.59 Å². The smallest absolute Gasteiger partial charge is 0.307 e. The van der Waals surface area contributed by atoms with E-state index in [2.05, 4.69) is 4.74 Å². The maximum Gasteiger partial charge on any atom is 0.307 e. The summed E-state index contributed by atoms with van der Waals surface area (Å²) in [6, 6.07) is 7.31. The third kappa shape index (κ3) is 7.15. The number of nitrogens with zero attached hydrogens (tertiary/aromatic N) is 1. The van der Waals surface area contributed by atoms with Gasteiger partial charge in [-0.2, -0.15) is 0 Å². The zero-order valence-electron chi connectivity index (χ0n) is 13.9. The molecule has 0 aliphatic rings. The molecular weight excluding hydrogens is 298 g/mol. The predicted octanol–water partition coefficient (Wildman–Crippen LogP) is 1.40. The number of carbonyl (C=O) groups is 2. The fourth-order valence-corrected chi connectivity index (χ4v) is 2.12. The van der Waals surface area contributed by atoms with Crippen molar-refractivity contribution >= 4 is 11.9 Å². The molecule has 6 heteroatoms. The van der Waals surface area contributed by atoms with Crippen LogP contribution in [-0.4, -0.2) is 54.8 Å². The number of benzene rings is 1. The Labute approximate surface area is 137 Å². The monoisotopic (exact) mass is 323 g/mol. The molecule has 0 aliphatic carbocycles. The van der Waals surface area contributed by atoms with E-state index in [1.807, 2.05) is 31.2 Å². The van der Waals surface area contributed by atoms with Gasteiger partial charge < -0.3 is 19.5 Å². The zero-order chi connectivity index (χ0) is 17.2. The van der Waals surface area contributed by atoms with Gasteiger partial charge in [0.05, 0.1) is 32.7 Å². The van der Waals surface area contributed by atoms with Crippen molar-refractivity contribution in [2.75, 3.05) is 26.8 Å². The van der Waals surface area contributed by atoms with E-state index >= 15 is 0 Å². The van der Waals surface area contributed by atoms with Crippen molar-refractivity contribution in [3.63, 3.8) is 0 Å². The highest BCUT2D eigenvalue weighted by atomic mass is 16.5. The van der Waals surface area contributed by atoms with Crippen molar-refractivity contribution < 1.29 is 24.2 Å². The van der Waals surface area contributed by atoms with E-state index in [-0.39, 0.29) is 37.8 Å². The first-order valence-electron chi connectivity index (χ1n) is 7.70. The number of hydrogen-bond acceptors (Lipinski definition) is 5. The maximum atomic E-state index is 12.4. The van der Waals surface area contributed by atoms with Crippen LogP contribution in [0.4, 0.5) is 0 Å². The Balaban J connectivity index is 2.65. The van der Waals surface area contributed by atoms with Crippen molar-refractivity contribution in [3.05, 3.63) is 29.8 Å². The molecule has 0 radical (unpaired) electrons. The molecule has 1 amide bonds. The molecule has 0 aliphatic heterocycles. The molecule has 1 rings (SSSR count). The Morgan fingerprint density at radius 1 is 1.26 bits per heavy atom. The van der Waals surface area contributed by atoms with Crippen LogP contribution in [0.5, 0.6) is 5.75 Å². The largest absolute Gasteiger partial charge is 0.494 e. The lowest BCUT2D eigenvalue weighted by atomic mass is 10.1. The molecule has 1 aromatic rings. The van der Waals surface area contributed by atoms with Crippen molar-refractivity contribution in [2.45, 2.75) is 32.8 Å². The second-order valence-corrected chi connectivity index (χ2v) is 5.27. The van der Waals surface area contributed by atoms with Crippen molar-refractivity contribution in [1.82, 2.24) is 4.90 Å². The molecule has 0 spiro atoms. The number of carbonyl (C=O) groups excluding carboxylic acids is 2. The van der Waals surface area contributed by atoms with Gasteiger partial charge in [-0.25, -0.2) is 0 Å². The second-order valence-electron chi connectivity index (χ2n) is 5.27. The summed E-state index contributed by atoms with van der Waals surface area (Å²) in [4.78, 5) is 25.1. The first-order valence-corrected chi connectivity index (χ1v) is 7.70. The van der Waals surface area contributed by atoms with Crippen LogP contribution in [0.3, 0.4) is 0 Å². The number of amides is 1. The highest BCUT2D eigenvalue weighted by Gasteiger charge is 2.17. The number of esters is 1. The van der Waals surface area contributed by atoms with Gasteiger partial charge in [-0.15, -0.1) is 0 Å². The van der Waals surface area contributed by atoms with Crippen LogP contribution < -0.4 is 4.74 Å². The van der Waals surface area contributed by atoms with E-state index < -0.39 is 6.10 Å². The van der Waals surface area contributed by atoms with Crippen LogP contribution in [0.25, 0.3) is 0 Å². The summed E-state index contributed by atoms with van der Waals surface area (Å²) >= 11 is 0. The lowest BCUT2D eigenvalue weighted by Crippen LogP contribution is -2.39. The fraction of sp³-hybridized carbons (Fsp3) is 0.529. The zero-order valence-corrected chi connectivity index (χ0v) is 13.9. The van der Waals surface area contributed by atoms with Crippen LogP contribution >= 0.6 is 0 Å². The third-order valence-corrected chi connectivity index (χ3v) is 3.24. The summed E-state index contributed by atoms with van der Waals surface area (Å²) in [7, 11) is 1.31. The van der Waals surface area contributed by atoms with Gasteiger partial charge in [0.1, 0.15) is 5.75 Å². The predicted molar refractivity (Wildman–Crippen MR) is 86.2 cm³/mol. The molecule has 128 valence electrons. The van der Waals surface area contributed by atoms with Crippen molar-refractivity contribution in [1.29, 1.82) is 0 Å². The number of aliphatic hydroxyl groups is 1. The van der Waals surface area contributed by atoms with E-state index in [1.165, 1.54) is 12.0 Å². The quantitative estimate of drug-likeness (QED) is 0.695. The van der Waals surface area contributed by atoms with Crippen LogP contribution in [0.15, 0.2) is 24.3 Å². The summed E-state index contributed by atoms with van der Waals surface area (Å²) in [5.74, 6) is 0.239. The molecule has 0 aromatic heterocycles. The first kappa shape index (κ1) is 19.0. The number of methoxy groups -OCH3 is 1. The molecule has 0 fully saturated rings. The summed E-state index contributed by atoms with van der Waals surface area (Å²) < 4.78 is 9.95. The van der Waals surface area contributed by atoms with Crippen LogP contribution in [0, 0.1) is 0 Å². The topological polar surface area (TPSA) is 76.1 Å². The van der Waals surface area contributed by atoms with Gasteiger partial charge in [0.2, 0.25) is 5.91 Å². The number of ether oxygens (including phenoxy) is 2. The van der Waals surface area contributed by atoms with E-state index in [1.54, 1.807) is 6.92 Å². The van der Waals surface area contributed by atoms with Gasteiger partial charge in [0.15, 0.2) is 0 Å². The van der Waals surface area contributed by atoms with Gasteiger partial charge in [0, 0.05) is 13.1 Å². The molecule has 0 bridgehead atoms. The Kier molecular flexibility index (Phi) is 8.11. The minimum absolute atomic E-state index is 0.109. The van der Waals surface area contributed by atoms with Crippen LogP contribution in [0.2, 0.25) is 0 Å². The van der Waals surface area contributed by atoms with E-state index in [0.29, 0.717) is 6.61 Å². The minimum Gasteiger partial charge on any atom is -0.494 e. The number of aliphatic hydroxyl groups excluding tert-OH is 1. The second kappa shape index (κ2) is 9.84. The molecule has 1 atom stereocenters. The summed E-state index contributed by atoms with van der Waals surface area (Å²) in [5, 5.41) is 9.53. The van der Waals surface area contributed by atoms with Gasteiger partial charge >= 0.3 is 5.97 Å². The maximum absolute atomic E-state index is 12.4. The van der Waals surface area contributed by atoms with Crippen LogP contribution in [0.1, 0.15) is 25.8 Å². The Morgan fingerprint density at radius 3 is 2.43 bits per heavy atom. The highest BCUT2D eigenvalue weighted by Crippen LogP contribution is 2.13. The van der Waals surface area contributed by atoms with E-state index in [4.69, 9.17) is 4.74 Å². The molecule has 0 saturated carbocycles. The molecule has 1 aromatic carbocycles. The standard InChI is InChI=1S/C17H25NO5/c1-4-23-15-7-5-14(6-8-15)11-16(20)18(12-13(2)19)10-9-17(21)22-3/h5-8,13,19H,4,9-12H2,1-3H3. The average molecular weight is 323 g/mol. The Bertz CT molecular complexity index is 498. The average Bonchev–Trinajstić information content (AvgIpc) is 2.52. The molecule has 6 nitrogen and oxygen atoms in total. The minimum atomic E-state index is -0.656. The van der Waals surface area contributed by atoms with E-state index in [9.17, 15) is 14.7 Å². The Hall–Kier alpha value is -2.08. The Morgan fingerprint density at radius 2 is 1.91 bits per heavy atom.